The lowest BCUT2D eigenvalue weighted by molar-refractivity contribution is -0.0530. The third-order valence-corrected chi connectivity index (χ3v) is 6.83. The second-order valence-corrected chi connectivity index (χ2v) is 9.11. The number of aliphatic hydroxyl groups excluding tert-OH is 1. The summed E-state index contributed by atoms with van der Waals surface area (Å²) in [5.74, 6) is -0.580. The van der Waals surface area contributed by atoms with Gasteiger partial charge in [-0.05, 0) is 38.0 Å². The van der Waals surface area contributed by atoms with Crippen LogP contribution in [0.25, 0.3) is 0 Å². The summed E-state index contributed by atoms with van der Waals surface area (Å²) >= 11 is 0. The second kappa shape index (κ2) is 6.54. The molecule has 1 fully saturated rings. The summed E-state index contributed by atoms with van der Waals surface area (Å²) in [7, 11) is 1.81. The number of aromatic nitrogens is 2. The number of carbonyl (C=O) groups is 1. The number of amides is 1. The van der Waals surface area contributed by atoms with E-state index in [4.69, 9.17) is 5.10 Å². The Morgan fingerprint density at radius 2 is 2.10 bits per heavy atom. The van der Waals surface area contributed by atoms with Gasteiger partial charge >= 0.3 is 0 Å². The van der Waals surface area contributed by atoms with Gasteiger partial charge in [0.2, 0.25) is 0 Å². The molecule has 5 rings (SSSR count). The first kappa shape index (κ1) is 19.1. The molecule has 2 aromatic rings. The fraction of sp³-hybridized carbons (Fsp3) is 0.500. The van der Waals surface area contributed by atoms with Gasteiger partial charge in [0.05, 0.1) is 17.4 Å². The van der Waals surface area contributed by atoms with E-state index in [0.29, 0.717) is 44.6 Å². The van der Waals surface area contributed by atoms with Crippen LogP contribution in [-0.4, -0.2) is 51.4 Å². The van der Waals surface area contributed by atoms with Crippen LogP contribution in [0, 0.1) is 22.6 Å². The van der Waals surface area contributed by atoms with Gasteiger partial charge < -0.3 is 14.9 Å². The molecule has 1 atom stereocenters. The smallest absolute Gasteiger partial charge is 0.272 e. The zero-order chi connectivity index (χ0) is 21.2. The third-order valence-electron chi connectivity index (χ3n) is 6.83. The first-order valence-electron chi connectivity index (χ1n) is 10.3. The molecule has 1 N–H and O–H groups in total. The zero-order valence-corrected chi connectivity index (χ0v) is 17.1. The monoisotopic (exact) mass is 409 g/mol. The SMILES string of the molecule is C[C@@H]1Cc2nn3c(c2CN1c1ccc(F)c(C#N)c1)C(=O)N(C)CC1(CC(O)C1)C3. The molecule has 156 valence electrons. The molecule has 1 amide bonds. The standard InChI is InChI=1S/C22H24FN5O2/c1-13-5-19-17(10-27(13)15-3-4-18(23)14(6-15)9-24)20-21(30)26(2)11-22(7-16(29)8-22)12-28(20)25-19/h3-4,6,13,16,29H,5,7-8,10-12H2,1-2H3/t13-,16?,22?/m1/s1. The highest BCUT2D eigenvalue weighted by Gasteiger charge is 2.48. The molecule has 0 radical (unpaired) electrons. The first-order valence-corrected chi connectivity index (χ1v) is 10.3. The fourth-order valence-electron chi connectivity index (χ4n) is 5.39. The predicted molar refractivity (Wildman–Crippen MR) is 107 cm³/mol. The van der Waals surface area contributed by atoms with Crippen molar-refractivity contribution in [3.63, 3.8) is 0 Å². The van der Waals surface area contributed by atoms with Crippen molar-refractivity contribution < 1.29 is 14.3 Å². The Morgan fingerprint density at radius 1 is 1.33 bits per heavy atom. The van der Waals surface area contributed by atoms with Crippen LogP contribution < -0.4 is 4.90 Å². The zero-order valence-electron chi connectivity index (χ0n) is 17.1. The number of hydrogen-bond donors (Lipinski definition) is 1. The molecule has 1 aromatic carbocycles. The maximum Gasteiger partial charge on any atom is 0.272 e. The molecule has 7 nitrogen and oxygen atoms in total. The van der Waals surface area contributed by atoms with E-state index in [1.807, 2.05) is 17.8 Å². The molecule has 0 bridgehead atoms. The van der Waals surface area contributed by atoms with E-state index in [1.54, 1.807) is 17.0 Å². The lowest BCUT2D eigenvalue weighted by atomic mass is 9.66. The summed E-state index contributed by atoms with van der Waals surface area (Å²) < 4.78 is 15.7. The summed E-state index contributed by atoms with van der Waals surface area (Å²) in [6.07, 6.45) is 1.73. The number of carbonyl (C=O) groups excluding carboxylic acids is 1. The van der Waals surface area contributed by atoms with Crippen LogP contribution in [0.3, 0.4) is 0 Å². The number of nitriles is 1. The minimum atomic E-state index is -0.532. The van der Waals surface area contributed by atoms with Crippen LogP contribution in [-0.2, 0) is 19.5 Å². The van der Waals surface area contributed by atoms with Crippen LogP contribution in [0.4, 0.5) is 10.1 Å². The van der Waals surface area contributed by atoms with Gasteiger partial charge in [0.25, 0.3) is 5.91 Å². The van der Waals surface area contributed by atoms with E-state index >= 15 is 0 Å². The minimum Gasteiger partial charge on any atom is -0.393 e. The highest BCUT2D eigenvalue weighted by atomic mass is 19.1. The van der Waals surface area contributed by atoms with Crippen molar-refractivity contribution in [1.82, 2.24) is 14.7 Å². The van der Waals surface area contributed by atoms with Crippen LogP contribution in [0.2, 0.25) is 0 Å². The van der Waals surface area contributed by atoms with E-state index in [2.05, 4.69) is 11.8 Å². The lowest BCUT2D eigenvalue weighted by Gasteiger charge is -2.45. The topological polar surface area (TPSA) is 85.4 Å². The molecule has 1 aliphatic carbocycles. The summed E-state index contributed by atoms with van der Waals surface area (Å²) in [5.41, 5.74) is 3.11. The molecular formula is C22H24FN5O2. The Balaban J connectivity index is 1.54. The van der Waals surface area contributed by atoms with Gasteiger partial charge in [-0.15, -0.1) is 0 Å². The molecule has 1 aromatic heterocycles. The number of benzene rings is 1. The Bertz CT molecular complexity index is 1080. The Hall–Kier alpha value is -2.92. The first-order chi connectivity index (χ1) is 14.3. The molecule has 3 aliphatic rings. The lowest BCUT2D eigenvalue weighted by Crippen LogP contribution is -2.49. The number of aliphatic hydroxyl groups is 1. The van der Waals surface area contributed by atoms with Gasteiger partial charge in [-0.3, -0.25) is 9.48 Å². The van der Waals surface area contributed by atoms with Crippen LogP contribution >= 0.6 is 0 Å². The van der Waals surface area contributed by atoms with Crippen LogP contribution in [0.1, 0.15) is 47.1 Å². The number of rotatable bonds is 1. The van der Waals surface area contributed by atoms with E-state index in [0.717, 1.165) is 16.9 Å². The quantitative estimate of drug-likeness (QED) is 0.779. The molecule has 2 aliphatic heterocycles. The van der Waals surface area contributed by atoms with Gasteiger partial charge in [0, 0.05) is 55.8 Å². The van der Waals surface area contributed by atoms with Crippen molar-refractivity contribution in [2.45, 2.75) is 51.4 Å². The van der Waals surface area contributed by atoms with Gasteiger partial charge in [-0.1, -0.05) is 0 Å². The number of fused-ring (bicyclic) bond motifs is 3. The van der Waals surface area contributed by atoms with E-state index in [1.165, 1.54) is 6.07 Å². The summed E-state index contributed by atoms with van der Waals surface area (Å²) in [6.45, 7) is 3.80. The van der Waals surface area contributed by atoms with Gasteiger partial charge in [0.15, 0.2) is 0 Å². The van der Waals surface area contributed by atoms with Crippen molar-refractivity contribution in [2.75, 3.05) is 18.5 Å². The molecular weight excluding hydrogens is 385 g/mol. The molecule has 3 heterocycles. The van der Waals surface area contributed by atoms with Crippen molar-refractivity contribution in [1.29, 1.82) is 5.26 Å². The number of halogens is 1. The van der Waals surface area contributed by atoms with E-state index in [-0.39, 0.29) is 29.0 Å². The molecule has 0 saturated heterocycles. The highest BCUT2D eigenvalue weighted by molar-refractivity contribution is 5.94. The van der Waals surface area contributed by atoms with Crippen LogP contribution in [0.5, 0.6) is 0 Å². The molecule has 30 heavy (non-hydrogen) atoms. The average Bonchev–Trinajstić information content (AvgIpc) is 2.97. The van der Waals surface area contributed by atoms with E-state index in [9.17, 15) is 19.6 Å². The third kappa shape index (κ3) is 2.80. The van der Waals surface area contributed by atoms with Crippen molar-refractivity contribution >= 4 is 11.6 Å². The highest BCUT2D eigenvalue weighted by Crippen LogP contribution is 2.45. The van der Waals surface area contributed by atoms with Gasteiger partial charge in [0.1, 0.15) is 17.6 Å². The Labute approximate surface area is 174 Å². The summed E-state index contributed by atoms with van der Waals surface area (Å²) in [5, 5.41) is 23.9. The minimum absolute atomic E-state index is 0.0145. The van der Waals surface area contributed by atoms with Gasteiger partial charge in [-0.25, -0.2) is 4.39 Å². The van der Waals surface area contributed by atoms with Crippen molar-refractivity contribution in [2.24, 2.45) is 5.41 Å². The molecule has 1 spiro atoms. The van der Waals surface area contributed by atoms with Gasteiger partial charge in [-0.2, -0.15) is 10.4 Å². The summed E-state index contributed by atoms with van der Waals surface area (Å²) in [4.78, 5) is 17.1. The number of anilines is 1. The average molecular weight is 409 g/mol. The maximum absolute atomic E-state index is 13.8. The second-order valence-electron chi connectivity index (χ2n) is 9.11. The normalized spacial score (nSPS) is 27.9. The molecule has 0 unspecified atom stereocenters. The maximum atomic E-state index is 13.8. The largest absolute Gasteiger partial charge is 0.393 e. The Kier molecular flexibility index (Phi) is 4.16. The number of hydrogen-bond acceptors (Lipinski definition) is 5. The van der Waals surface area contributed by atoms with Crippen molar-refractivity contribution in [3.05, 3.63) is 46.5 Å². The molecule has 1 saturated carbocycles. The number of nitrogens with zero attached hydrogens (tertiary/aromatic N) is 5. The summed E-state index contributed by atoms with van der Waals surface area (Å²) in [6, 6.07) is 6.56. The molecule has 8 heteroatoms. The van der Waals surface area contributed by atoms with Crippen LogP contribution in [0.15, 0.2) is 18.2 Å². The Morgan fingerprint density at radius 3 is 2.80 bits per heavy atom. The fourth-order valence-corrected chi connectivity index (χ4v) is 5.39. The van der Waals surface area contributed by atoms with E-state index < -0.39 is 5.82 Å². The predicted octanol–water partition coefficient (Wildman–Crippen LogP) is 2.07. The van der Waals surface area contributed by atoms with Crippen molar-refractivity contribution in [3.8, 4) is 6.07 Å².